The van der Waals surface area contributed by atoms with Crippen LogP contribution in [0.4, 0.5) is 10.6 Å². The number of rotatable bonds is 4. The maximum absolute atomic E-state index is 11.7. The van der Waals surface area contributed by atoms with Crippen molar-refractivity contribution < 1.29 is 14.7 Å². The van der Waals surface area contributed by atoms with Crippen LogP contribution in [-0.4, -0.2) is 28.2 Å². The number of nitrogens with zero attached hydrogens (tertiary/aromatic N) is 2. The topological polar surface area (TPSA) is 107 Å². The van der Waals surface area contributed by atoms with E-state index >= 15 is 0 Å². The molecule has 1 aromatic heterocycles. The third-order valence-corrected chi connectivity index (χ3v) is 2.54. The van der Waals surface area contributed by atoms with Crippen LogP contribution >= 0.6 is 0 Å². The Hall–Kier alpha value is -2.49. The van der Waals surface area contributed by atoms with Gasteiger partial charge in [-0.2, -0.15) is 5.26 Å². The molecular weight excluding hydrogens is 260 g/mol. The number of nitriles is 1. The molecule has 1 rings (SSSR count). The first kappa shape index (κ1) is 15.6. The summed E-state index contributed by atoms with van der Waals surface area (Å²) in [7, 11) is 0. The Morgan fingerprint density at radius 3 is 2.60 bits per heavy atom. The molecule has 1 heterocycles. The normalized spacial score (nSPS) is 10.7. The van der Waals surface area contributed by atoms with Gasteiger partial charge in [-0.25, -0.2) is 4.79 Å². The lowest BCUT2D eigenvalue weighted by molar-refractivity contribution is -0.136. The molecule has 20 heavy (non-hydrogen) atoms. The van der Waals surface area contributed by atoms with E-state index < -0.39 is 12.0 Å². The zero-order valence-electron chi connectivity index (χ0n) is 11.7. The summed E-state index contributed by atoms with van der Waals surface area (Å²) in [6.07, 6.45) is 1.52. The third kappa shape index (κ3) is 4.31. The number of carbonyl (C=O) groups excluding carboxylic acids is 1. The van der Waals surface area contributed by atoms with Gasteiger partial charge in [0.25, 0.3) is 0 Å². The molecule has 0 atom stereocenters. The summed E-state index contributed by atoms with van der Waals surface area (Å²) >= 11 is 0. The molecule has 0 aliphatic carbocycles. The number of carbonyl (C=O) groups is 2. The van der Waals surface area contributed by atoms with Gasteiger partial charge in [0, 0.05) is 18.3 Å². The summed E-state index contributed by atoms with van der Waals surface area (Å²) in [6.45, 7) is 5.88. The van der Waals surface area contributed by atoms with Crippen molar-refractivity contribution in [3.05, 3.63) is 17.8 Å². The first-order chi connectivity index (χ1) is 9.24. The molecular formula is C13H18N4O3. The molecule has 0 spiro atoms. The smallest absolute Gasteiger partial charge is 0.320 e. The second kappa shape index (κ2) is 6.10. The Morgan fingerprint density at radius 2 is 2.10 bits per heavy atom. The van der Waals surface area contributed by atoms with Crippen molar-refractivity contribution in [1.82, 2.24) is 9.88 Å². The van der Waals surface area contributed by atoms with Crippen LogP contribution in [0.3, 0.4) is 0 Å². The number of amides is 2. The summed E-state index contributed by atoms with van der Waals surface area (Å²) in [5.74, 6) is -0.489. The maximum atomic E-state index is 11.7. The standard InChI is InChI=1S/C13H18N4O3/c1-13(2,3)17-8-9(7-14)6-10(17)16-12(20)15-5-4-11(18)19/h6,8H,4-5H2,1-3H3,(H,18,19)(H2,15,16,20). The van der Waals surface area contributed by atoms with Gasteiger partial charge >= 0.3 is 12.0 Å². The van der Waals surface area contributed by atoms with Crippen LogP contribution in [0.2, 0.25) is 0 Å². The number of carboxylic acids is 1. The summed E-state index contributed by atoms with van der Waals surface area (Å²) < 4.78 is 1.78. The first-order valence-electron chi connectivity index (χ1n) is 6.13. The molecule has 0 aromatic carbocycles. The number of hydrogen-bond acceptors (Lipinski definition) is 3. The monoisotopic (exact) mass is 278 g/mol. The van der Waals surface area contributed by atoms with Gasteiger partial charge in [0.05, 0.1) is 12.0 Å². The van der Waals surface area contributed by atoms with E-state index in [1.165, 1.54) is 0 Å². The average Bonchev–Trinajstić information content (AvgIpc) is 2.71. The van der Waals surface area contributed by atoms with Crippen molar-refractivity contribution in [2.45, 2.75) is 32.7 Å². The minimum atomic E-state index is -0.977. The Kier molecular flexibility index (Phi) is 4.75. The lowest BCUT2D eigenvalue weighted by Gasteiger charge is -2.24. The molecule has 2 amide bonds. The second-order valence-corrected chi connectivity index (χ2v) is 5.29. The van der Waals surface area contributed by atoms with Gasteiger partial charge in [0.1, 0.15) is 11.9 Å². The predicted molar refractivity (Wildman–Crippen MR) is 73.4 cm³/mol. The van der Waals surface area contributed by atoms with Crippen molar-refractivity contribution in [2.75, 3.05) is 11.9 Å². The van der Waals surface area contributed by atoms with Crippen molar-refractivity contribution in [1.29, 1.82) is 5.26 Å². The SMILES string of the molecule is CC(C)(C)n1cc(C#N)cc1NC(=O)NCCC(=O)O. The van der Waals surface area contributed by atoms with Crippen LogP contribution < -0.4 is 10.6 Å². The van der Waals surface area contributed by atoms with Gasteiger partial charge in [-0.05, 0) is 26.8 Å². The van der Waals surface area contributed by atoms with E-state index in [-0.39, 0.29) is 18.5 Å². The molecule has 7 heteroatoms. The summed E-state index contributed by atoms with van der Waals surface area (Å²) in [5.41, 5.74) is 0.152. The number of urea groups is 1. The van der Waals surface area contributed by atoms with Gasteiger partial charge < -0.3 is 15.0 Å². The van der Waals surface area contributed by atoms with E-state index in [2.05, 4.69) is 10.6 Å². The Morgan fingerprint density at radius 1 is 1.45 bits per heavy atom. The van der Waals surface area contributed by atoms with Crippen molar-refractivity contribution in [3.8, 4) is 6.07 Å². The highest BCUT2D eigenvalue weighted by Gasteiger charge is 2.19. The van der Waals surface area contributed by atoms with Crippen molar-refractivity contribution in [2.24, 2.45) is 0 Å². The largest absolute Gasteiger partial charge is 0.481 e. The number of hydrogen-bond donors (Lipinski definition) is 3. The van der Waals surface area contributed by atoms with E-state index in [0.717, 1.165) is 0 Å². The summed E-state index contributed by atoms with van der Waals surface area (Å²) in [4.78, 5) is 22.0. The van der Waals surface area contributed by atoms with E-state index in [1.54, 1.807) is 16.8 Å². The number of anilines is 1. The fourth-order valence-electron chi connectivity index (χ4n) is 1.62. The molecule has 7 nitrogen and oxygen atoms in total. The van der Waals surface area contributed by atoms with E-state index in [1.807, 2.05) is 26.8 Å². The highest BCUT2D eigenvalue weighted by Crippen LogP contribution is 2.23. The summed E-state index contributed by atoms with van der Waals surface area (Å²) in [6, 6.07) is 3.09. The summed E-state index contributed by atoms with van der Waals surface area (Å²) in [5, 5.41) is 22.5. The zero-order valence-corrected chi connectivity index (χ0v) is 11.7. The fourth-order valence-corrected chi connectivity index (χ4v) is 1.62. The van der Waals surface area contributed by atoms with Crippen molar-refractivity contribution in [3.63, 3.8) is 0 Å². The Balaban J connectivity index is 2.77. The highest BCUT2D eigenvalue weighted by molar-refractivity contribution is 5.89. The lowest BCUT2D eigenvalue weighted by atomic mass is 10.1. The van der Waals surface area contributed by atoms with Crippen LogP contribution in [-0.2, 0) is 10.3 Å². The number of carboxylic acid groups (broad SMARTS) is 1. The minimum absolute atomic E-state index is 0.0441. The van der Waals surface area contributed by atoms with Gasteiger partial charge in [0.15, 0.2) is 0 Å². The van der Waals surface area contributed by atoms with Gasteiger partial charge in [-0.3, -0.25) is 10.1 Å². The minimum Gasteiger partial charge on any atom is -0.481 e. The Labute approximate surface area is 117 Å². The molecule has 108 valence electrons. The van der Waals surface area contributed by atoms with Crippen LogP contribution in [0.5, 0.6) is 0 Å². The average molecular weight is 278 g/mol. The molecule has 3 N–H and O–H groups in total. The highest BCUT2D eigenvalue weighted by atomic mass is 16.4. The van der Waals surface area contributed by atoms with Crippen LogP contribution in [0, 0.1) is 11.3 Å². The van der Waals surface area contributed by atoms with Crippen LogP contribution in [0.25, 0.3) is 0 Å². The lowest BCUT2D eigenvalue weighted by Crippen LogP contribution is -2.33. The van der Waals surface area contributed by atoms with Gasteiger partial charge in [0.2, 0.25) is 0 Å². The number of nitrogens with one attached hydrogen (secondary N) is 2. The molecule has 1 aromatic rings. The quantitative estimate of drug-likeness (QED) is 0.779. The van der Waals surface area contributed by atoms with Crippen LogP contribution in [0.15, 0.2) is 12.3 Å². The molecule has 0 radical (unpaired) electrons. The van der Waals surface area contributed by atoms with Crippen LogP contribution in [0.1, 0.15) is 32.8 Å². The second-order valence-electron chi connectivity index (χ2n) is 5.29. The molecule has 0 fully saturated rings. The molecule has 0 aliphatic heterocycles. The zero-order chi connectivity index (χ0) is 15.3. The maximum Gasteiger partial charge on any atom is 0.320 e. The number of aromatic nitrogens is 1. The van der Waals surface area contributed by atoms with E-state index in [0.29, 0.717) is 11.4 Å². The molecule has 0 aliphatic rings. The first-order valence-corrected chi connectivity index (χ1v) is 6.13. The molecule has 0 bridgehead atoms. The van der Waals surface area contributed by atoms with Crippen molar-refractivity contribution >= 4 is 17.8 Å². The molecule has 0 saturated carbocycles. The van der Waals surface area contributed by atoms with E-state index in [4.69, 9.17) is 10.4 Å². The van der Waals surface area contributed by atoms with Gasteiger partial charge in [-0.1, -0.05) is 0 Å². The molecule has 0 unspecified atom stereocenters. The predicted octanol–water partition coefficient (Wildman–Crippen LogP) is 1.71. The van der Waals surface area contributed by atoms with Gasteiger partial charge in [-0.15, -0.1) is 0 Å². The Bertz CT molecular complexity index is 549. The third-order valence-electron chi connectivity index (χ3n) is 2.54. The number of aliphatic carboxylic acids is 1. The fraction of sp³-hybridized carbons (Fsp3) is 0.462. The molecule has 0 saturated heterocycles. The van der Waals surface area contributed by atoms with E-state index in [9.17, 15) is 9.59 Å².